The van der Waals surface area contributed by atoms with Crippen molar-refractivity contribution in [1.82, 2.24) is 10.3 Å². The van der Waals surface area contributed by atoms with E-state index < -0.39 is 0 Å². The fourth-order valence-corrected chi connectivity index (χ4v) is 4.13. The number of aryl methyl sites for hydroxylation is 1. The predicted molar refractivity (Wildman–Crippen MR) is 95.3 cm³/mol. The summed E-state index contributed by atoms with van der Waals surface area (Å²) in [6.07, 6.45) is 1.06. The summed E-state index contributed by atoms with van der Waals surface area (Å²) in [5.74, 6) is 0.636. The SMILES string of the molecule is Cc1cscc1-c1nc(CC(C)C)c(CNC(C)(C)C)s1. The molecule has 0 atom stereocenters. The molecule has 0 unspecified atom stereocenters. The highest BCUT2D eigenvalue weighted by molar-refractivity contribution is 7.15. The number of hydrogen-bond acceptors (Lipinski definition) is 4. The van der Waals surface area contributed by atoms with Crippen LogP contribution in [0.25, 0.3) is 10.6 Å². The molecule has 0 aromatic carbocycles. The molecule has 0 saturated carbocycles. The Balaban J connectivity index is 2.29. The first kappa shape index (κ1) is 16.7. The molecule has 0 aliphatic carbocycles. The molecule has 0 amide bonds. The summed E-state index contributed by atoms with van der Waals surface area (Å²) in [6, 6.07) is 0. The van der Waals surface area contributed by atoms with E-state index in [4.69, 9.17) is 4.98 Å². The fourth-order valence-electron chi connectivity index (χ4n) is 2.11. The molecule has 2 aromatic heterocycles. The van der Waals surface area contributed by atoms with Crippen LogP contribution in [0.5, 0.6) is 0 Å². The van der Waals surface area contributed by atoms with Gasteiger partial charge >= 0.3 is 0 Å². The van der Waals surface area contributed by atoms with E-state index in [1.165, 1.54) is 26.7 Å². The van der Waals surface area contributed by atoms with E-state index in [9.17, 15) is 0 Å². The average molecular weight is 323 g/mol. The maximum absolute atomic E-state index is 4.94. The number of nitrogens with zero attached hydrogens (tertiary/aromatic N) is 1. The summed E-state index contributed by atoms with van der Waals surface area (Å²) in [5, 5.41) is 9.19. The van der Waals surface area contributed by atoms with E-state index in [1.54, 1.807) is 11.3 Å². The van der Waals surface area contributed by atoms with E-state index in [0.29, 0.717) is 5.92 Å². The van der Waals surface area contributed by atoms with Crippen molar-refractivity contribution in [2.45, 2.75) is 60.0 Å². The van der Waals surface area contributed by atoms with Gasteiger partial charge in [0.15, 0.2) is 0 Å². The molecule has 21 heavy (non-hydrogen) atoms. The van der Waals surface area contributed by atoms with Crippen LogP contribution < -0.4 is 5.32 Å². The Hall–Kier alpha value is -0.710. The molecule has 0 aliphatic rings. The maximum atomic E-state index is 4.94. The summed E-state index contributed by atoms with van der Waals surface area (Å²) in [7, 11) is 0. The highest BCUT2D eigenvalue weighted by Gasteiger charge is 2.17. The molecule has 1 N–H and O–H groups in total. The summed E-state index contributed by atoms with van der Waals surface area (Å²) >= 11 is 3.61. The lowest BCUT2D eigenvalue weighted by Gasteiger charge is -2.20. The zero-order valence-corrected chi connectivity index (χ0v) is 15.5. The van der Waals surface area contributed by atoms with Gasteiger partial charge in [0.25, 0.3) is 0 Å². The van der Waals surface area contributed by atoms with Gasteiger partial charge in [-0.25, -0.2) is 4.98 Å². The second-order valence-electron chi connectivity index (χ2n) is 7.06. The Morgan fingerprint density at radius 3 is 2.48 bits per heavy atom. The summed E-state index contributed by atoms with van der Waals surface area (Å²) in [4.78, 5) is 6.33. The first-order valence-electron chi connectivity index (χ1n) is 7.53. The highest BCUT2D eigenvalue weighted by atomic mass is 32.1. The summed E-state index contributed by atoms with van der Waals surface area (Å²) in [5.41, 5.74) is 4.04. The van der Waals surface area contributed by atoms with Gasteiger partial charge in [-0.3, -0.25) is 0 Å². The lowest BCUT2D eigenvalue weighted by Crippen LogP contribution is -2.35. The molecule has 0 radical (unpaired) electrons. The molecule has 0 aliphatic heterocycles. The second-order valence-corrected chi connectivity index (χ2v) is 8.89. The van der Waals surface area contributed by atoms with E-state index in [0.717, 1.165) is 13.0 Å². The number of nitrogens with one attached hydrogen (secondary N) is 1. The normalized spacial score (nSPS) is 12.3. The van der Waals surface area contributed by atoms with Crippen LogP contribution in [0.4, 0.5) is 0 Å². The van der Waals surface area contributed by atoms with Crippen LogP contribution in [-0.2, 0) is 13.0 Å². The van der Waals surface area contributed by atoms with Crippen LogP contribution in [0, 0.1) is 12.8 Å². The minimum atomic E-state index is 0.136. The van der Waals surface area contributed by atoms with E-state index >= 15 is 0 Å². The van der Waals surface area contributed by atoms with E-state index in [2.05, 4.69) is 57.6 Å². The van der Waals surface area contributed by atoms with Crippen LogP contribution in [0.3, 0.4) is 0 Å². The highest BCUT2D eigenvalue weighted by Crippen LogP contribution is 2.33. The molecule has 0 bridgehead atoms. The van der Waals surface area contributed by atoms with Gasteiger partial charge < -0.3 is 5.32 Å². The first-order valence-corrected chi connectivity index (χ1v) is 9.29. The van der Waals surface area contributed by atoms with Crippen molar-refractivity contribution < 1.29 is 0 Å². The summed E-state index contributed by atoms with van der Waals surface area (Å²) in [6.45, 7) is 14.2. The number of thiazole rings is 1. The van der Waals surface area contributed by atoms with Gasteiger partial charge in [0.05, 0.1) is 5.69 Å². The van der Waals surface area contributed by atoms with Crippen molar-refractivity contribution in [2.75, 3.05) is 0 Å². The quantitative estimate of drug-likeness (QED) is 0.811. The van der Waals surface area contributed by atoms with Gasteiger partial charge in [-0.1, -0.05) is 13.8 Å². The zero-order valence-electron chi connectivity index (χ0n) is 13.9. The smallest absolute Gasteiger partial charge is 0.125 e. The van der Waals surface area contributed by atoms with Gasteiger partial charge in [-0.05, 0) is 51.0 Å². The van der Waals surface area contributed by atoms with Crippen LogP contribution in [0.2, 0.25) is 0 Å². The third-order valence-electron chi connectivity index (χ3n) is 3.25. The van der Waals surface area contributed by atoms with Crippen LogP contribution >= 0.6 is 22.7 Å². The Morgan fingerprint density at radius 1 is 1.24 bits per heavy atom. The van der Waals surface area contributed by atoms with Gasteiger partial charge in [-0.15, -0.1) is 11.3 Å². The van der Waals surface area contributed by atoms with Crippen LogP contribution in [-0.4, -0.2) is 10.5 Å². The Morgan fingerprint density at radius 2 is 1.95 bits per heavy atom. The monoisotopic (exact) mass is 322 g/mol. The first-order chi connectivity index (χ1) is 9.76. The molecule has 0 fully saturated rings. The van der Waals surface area contributed by atoms with Gasteiger partial charge in [0.2, 0.25) is 0 Å². The zero-order chi connectivity index (χ0) is 15.6. The molecule has 116 valence electrons. The molecule has 2 heterocycles. The third-order valence-corrected chi connectivity index (χ3v) is 5.24. The predicted octanol–water partition coefficient (Wildman–Crippen LogP) is 5.27. The van der Waals surface area contributed by atoms with Crippen LogP contribution in [0.15, 0.2) is 10.8 Å². The number of rotatable bonds is 5. The van der Waals surface area contributed by atoms with Crippen molar-refractivity contribution in [3.8, 4) is 10.6 Å². The second kappa shape index (κ2) is 6.59. The van der Waals surface area contributed by atoms with Crippen molar-refractivity contribution in [3.63, 3.8) is 0 Å². The minimum absolute atomic E-state index is 0.136. The molecule has 2 aromatic rings. The van der Waals surface area contributed by atoms with Crippen molar-refractivity contribution >= 4 is 22.7 Å². The molecule has 2 rings (SSSR count). The molecular formula is C17H26N2S2. The molecule has 2 nitrogen and oxygen atoms in total. The van der Waals surface area contributed by atoms with Gasteiger partial charge in [-0.2, -0.15) is 11.3 Å². The Bertz CT molecular complexity index is 588. The van der Waals surface area contributed by atoms with Crippen molar-refractivity contribution in [3.05, 3.63) is 26.9 Å². The number of hydrogen-bond donors (Lipinski definition) is 1. The largest absolute Gasteiger partial charge is 0.307 e. The standard InChI is InChI=1S/C17H26N2S2/c1-11(2)7-14-15(8-18-17(4,5)6)21-16(19-14)13-10-20-9-12(13)3/h9-11,18H,7-8H2,1-6H3. The minimum Gasteiger partial charge on any atom is -0.307 e. The third kappa shape index (κ3) is 4.63. The molecular weight excluding hydrogens is 296 g/mol. The van der Waals surface area contributed by atoms with Crippen LogP contribution in [0.1, 0.15) is 50.8 Å². The number of aromatic nitrogens is 1. The van der Waals surface area contributed by atoms with Crippen molar-refractivity contribution in [2.24, 2.45) is 5.92 Å². The fraction of sp³-hybridized carbons (Fsp3) is 0.588. The average Bonchev–Trinajstić information content (AvgIpc) is 2.91. The lowest BCUT2D eigenvalue weighted by molar-refractivity contribution is 0.425. The molecule has 4 heteroatoms. The molecule has 0 spiro atoms. The Labute approximate surface area is 136 Å². The summed E-state index contributed by atoms with van der Waals surface area (Å²) < 4.78 is 0. The molecule has 0 saturated heterocycles. The Kier molecular flexibility index (Phi) is 5.23. The van der Waals surface area contributed by atoms with Crippen molar-refractivity contribution in [1.29, 1.82) is 0 Å². The lowest BCUT2D eigenvalue weighted by atomic mass is 10.1. The maximum Gasteiger partial charge on any atom is 0.125 e. The number of thiophene rings is 1. The van der Waals surface area contributed by atoms with Gasteiger partial charge in [0, 0.05) is 27.9 Å². The van der Waals surface area contributed by atoms with E-state index in [1.807, 2.05) is 11.3 Å². The topological polar surface area (TPSA) is 24.9 Å². The van der Waals surface area contributed by atoms with E-state index in [-0.39, 0.29) is 5.54 Å². The van der Waals surface area contributed by atoms with Gasteiger partial charge in [0.1, 0.15) is 5.01 Å².